The maximum Gasteiger partial charge on any atom is 0.501 e. The Kier molecular flexibility index (Phi) is 3.75. The number of hydrogen-bond donors (Lipinski definition) is 1. The molecular formula is C12H14F3NO2S. The fourth-order valence-corrected chi connectivity index (χ4v) is 2.73. The molecular weight excluding hydrogens is 279 g/mol. The lowest BCUT2D eigenvalue weighted by Crippen LogP contribution is -2.24. The van der Waals surface area contributed by atoms with Crippen LogP contribution in [0.15, 0.2) is 29.2 Å². The zero-order chi connectivity index (χ0) is 14.1. The Hall–Kier alpha value is -1.24. The van der Waals surface area contributed by atoms with Gasteiger partial charge >= 0.3 is 5.51 Å². The van der Waals surface area contributed by atoms with Gasteiger partial charge in [-0.25, -0.2) is 8.42 Å². The summed E-state index contributed by atoms with van der Waals surface area (Å²) >= 11 is 0. The van der Waals surface area contributed by atoms with E-state index in [1.165, 1.54) is 18.2 Å². The fourth-order valence-electron chi connectivity index (χ4n) is 1.79. The summed E-state index contributed by atoms with van der Waals surface area (Å²) in [6.07, 6.45) is 3.13. The molecule has 7 heteroatoms. The third-order valence-electron chi connectivity index (χ3n) is 3.05. The molecule has 1 saturated carbocycles. The molecule has 0 aromatic heterocycles. The second kappa shape index (κ2) is 5.03. The maximum atomic E-state index is 12.5. The van der Waals surface area contributed by atoms with Gasteiger partial charge in [0.15, 0.2) is 0 Å². The third-order valence-corrected chi connectivity index (χ3v) is 4.59. The molecule has 0 radical (unpaired) electrons. The summed E-state index contributed by atoms with van der Waals surface area (Å²) in [5.41, 5.74) is -5.26. The second-order valence-corrected chi connectivity index (χ2v) is 6.51. The average molecular weight is 293 g/mol. The van der Waals surface area contributed by atoms with Crippen molar-refractivity contribution in [3.8, 4) is 0 Å². The minimum absolute atomic E-state index is 0.0143. The number of halogens is 3. The van der Waals surface area contributed by atoms with Crippen molar-refractivity contribution in [2.75, 3.05) is 11.9 Å². The van der Waals surface area contributed by atoms with Gasteiger partial charge in [-0.05, 0) is 24.5 Å². The summed E-state index contributed by atoms with van der Waals surface area (Å²) in [7, 11) is -5.30. The van der Waals surface area contributed by atoms with Crippen molar-refractivity contribution in [2.45, 2.75) is 29.7 Å². The molecule has 1 aromatic carbocycles. The Morgan fingerprint density at radius 1 is 1.21 bits per heavy atom. The number of alkyl halides is 3. The van der Waals surface area contributed by atoms with Crippen LogP contribution in [-0.2, 0) is 9.84 Å². The minimum Gasteiger partial charge on any atom is -0.384 e. The maximum absolute atomic E-state index is 12.5. The molecule has 3 nitrogen and oxygen atoms in total. The van der Waals surface area contributed by atoms with Gasteiger partial charge in [0.05, 0.1) is 10.6 Å². The molecule has 0 spiro atoms. The van der Waals surface area contributed by atoms with Crippen LogP contribution in [0.3, 0.4) is 0 Å². The molecule has 0 atom stereocenters. The van der Waals surface area contributed by atoms with Gasteiger partial charge in [-0.2, -0.15) is 13.2 Å². The average Bonchev–Trinajstić information content (AvgIpc) is 3.12. The van der Waals surface area contributed by atoms with E-state index in [9.17, 15) is 21.6 Å². The van der Waals surface area contributed by atoms with E-state index in [1.807, 2.05) is 0 Å². The molecule has 0 unspecified atom stereocenters. The molecule has 19 heavy (non-hydrogen) atoms. The minimum atomic E-state index is -5.30. The number of anilines is 1. The van der Waals surface area contributed by atoms with Gasteiger partial charge in [0.1, 0.15) is 0 Å². The predicted molar refractivity (Wildman–Crippen MR) is 65.5 cm³/mol. The molecule has 0 saturated heterocycles. The first kappa shape index (κ1) is 14.2. The van der Waals surface area contributed by atoms with Gasteiger partial charge in [-0.1, -0.05) is 25.0 Å². The van der Waals surface area contributed by atoms with Gasteiger partial charge in [0.25, 0.3) is 9.84 Å². The Balaban J connectivity index is 2.20. The number of para-hydroxylation sites is 1. The number of rotatable bonds is 5. The van der Waals surface area contributed by atoms with Crippen molar-refractivity contribution in [3.63, 3.8) is 0 Å². The predicted octanol–water partition coefficient (Wildman–Crippen LogP) is 3.19. The van der Waals surface area contributed by atoms with Crippen LogP contribution in [0.2, 0.25) is 0 Å². The van der Waals surface area contributed by atoms with E-state index in [-0.39, 0.29) is 5.69 Å². The van der Waals surface area contributed by atoms with Gasteiger partial charge in [-0.15, -0.1) is 0 Å². The van der Waals surface area contributed by atoms with Gasteiger partial charge < -0.3 is 5.32 Å². The van der Waals surface area contributed by atoms with Crippen LogP contribution in [0.25, 0.3) is 0 Å². The summed E-state index contributed by atoms with van der Waals surface area (Å²) in [5.74, 6) is 0.624. The first-order chi connectivity index (χ1) is 8.82. The Labute approximate surface area is 109 Å². The number of sulfone groups is 1. The number of hydrogen-bond acceptors (Lipinski definition) is 3. The SMILES string of the molecule is O=S(=O)(c1ccccc1NCCC1CC1)C(F)(F)F. The first-order valence-corrected chi connectivity index (χ1v) is 7.45. The van der Waals surface area contributed by atoms with Crippen molar-refractivity contribution >= 4 is 15.5 Å². The largest absolute Gasteiger partial charge is 0.501 e. The van der Waals surface area contributed by atoms with Crippen LogP contribution >= 0.6 is 0 Å². The van der Waals surface area contributed by atoms with E-state index in [2.05, 4.69) is 5.32 Å². The smallest absolute Gasteiger partial charge is 0.384 e. The monoisotopic (exact) mass is 293 g/mol. The van der Waals surface area contributed by atoms with E-state index in [1.54, 1.807) is 0 Å². The summed E-state index contributed by atoms with van der Waals surface area (Å²) in [4.78, 5) is -0.710. The first-order valence-electron chi connectivity index (χ1n) is 5.96. The van der Waals surface area contributed by atoms with Crippen LogP contribution in [0.5, 0.6) is 0 Å². The Morgan fingerprint density at radius 3 is 2.42 bits per heavy atom. The third kappa shape index (κ3) is 3.20. The fraction of sp³-hybridized carbons (Fsp3) is 0.500. The molecule has 1 aliphatic carbocycles. The molecule has 2 rings (SSSR count). The van der Waals surface area contributed by atoms with Crippen LogP contribution in [-0.4, -0.2) is 20.5 Å². The van der Waals surface area contributed by atoms with Crippen LogP contribution in [0.1, 0.15) is 19.3 Å². The summed E-state index contributed by atoms with van der Waals surface area (Å²) in [5, 5.41) is 2.78. The van der Waals surface area contributed by atoms with E-state index in [4.69, 9.17) is 0 Å². The Morgan fingerprint density at radius 2 is 1.84 bits per heavy atom. The van der Waals surface area contributed by atoms with E-state index < -0.39 is 20.2 Å². The van der Waals surface area contributed by atoms with Gasteiger partial charge in [0.2, 0.25) is 0 Å². The molecule has 0 bridgehead atoms. The second-order valence-electron chi connectivity index (χ2n) is 4.60. The molecule has 0 amide bonds. The van der Waals surface area contributed by atoms with Crippen molar-refractivity contribution < 1.29 is 21.6 Å². The normalized spacial score (nSPS) is 16.4. The summed E-state index contributed by atoms with van der Waals surface area (Å²) in [6.45, 7) is 0.481. The van der Waals surface area contributed by atoms with Crippen molar-refractivity contribution in [3.05, 3.63) is 24.3 Å². The topological polar surface area (TPSA) is 46.2 Å². The van der Waals surface area contributed by atoms with E-state index in [0.29, 0.717) is 12.5 Å². The Bertz CT molecular complexity index is 550. The van der Waals surface area contributed by atoms with Crippen molar-refractivity contribution in [2.24, 2.45) is 5.92 Å². The number of benzene rings is 1. The molecule has 0 aliphatic heterocycles. The highest BCUT2D eigenvalue weighted by molar-refractivity contribution is 7.92. The van der Waals surface area contributed by atoms with E-state index >= 15 is 0 Å². The molecule has 0 heterocycles. The lowest BCUT2D eigenvalue weighted by molar-refractivity contribution is -0.0435. The van der Waals surface area contributed by atoms with Crippen molar-refractivity contribution in [1.29, 1.82) is 0 Å². The molecule has 1 N–H and O–H groups in total. The zero-order valence-corrected chi connectivity index (χ0v) is 10.9. The summed E-state index contributed by atoms with van der Waals surface area (Å²) in [6, 6.07) is 5.12. The lowest BCUT2D eigenvalue weighted by atomic mass is 10.2. The van der Waals surface area contributed by atoms with E-state index in [0.717, 1.165) is 25.3 Å². The van der Waals surface area contributed by atoms with Crippen LogP contribution in [0, 0.1) is 5.92 Å². The van der Waals surface area contributed by atoms with Crippen LogP contribution in [0.4, 0.5) is 18.9 Å². The quantitative estimate of drug-likeness (QED) is 0.907. The highest BCUT2D eigenvalue weighted by Gasteiger charge is 2.47. The molecule has 1 fully saturated rings. The summed E-state index contributed by atoms with van der Waals surface area (Å²) < 4.78 is 60.5. The highest BCUT2D eigenvalue weighted by atomic mass is 32.2. The lowest BCUT2D eigenvalue weighted by Gasteiger charge is -2.13. The van der Waals surface area contributed by atoms with Gasteiger partial charge in [0, 0.05) is 6.54 Å². The standard InChI is InChI=1S/C12H14F3NO2S/c13-12(14,15)19(17,18)11-4-2-1-3-10(11)16-8-7-9-5-6-9/h1-4,9,16H,5-8H2. The van der Waals surface area contributed by atoms with Crippen molar-refractivity contribution in [1.82, 2.24) is 0 Å². The zero-order valence-electron chi connectivity index (χ0n) is 10.1. The molecule has 1 aromatic rings. The van der Waals surface area contributed by atoms with Gasteiger partial charge in [-0.3, -0.25) is 0 Å². The molecule has 106 valence electrons. The highest BCUT2D eigenvalue weighted by Crippen LogP contribution is 2.35. The number of nitrogens with one attached hydrogen (secondary N) is 1. The molecule has 1 aliphatic rings. The van der Waals surface area contributed by atoms with Crippen LogP contribution < -0.4 is 5.32 Å².